The predicted molar refractivity (Wildman–Crippen MR) is 45.7 cm³/mol. The molecule has 82 valence electrons. The highest BCUT2D eigenvalue weighted by atomic mass is 19.4. The van der Waals surface area contributed by atoms with E-state index in [4.69, 9.17) is 0 Å². The number of alkyl halides is 3. The van der Waals surface area contributed by atoms with Crippen LogP contribution in [-0.4, -0.2) is 18.8 Å². The van der Waals surface area contributed by atoms with Crippen LogP contribution < -0.4 is 0 Å². The fraction of sp³-hybridized carbons (Fsp3) is 0.667. The van der Waals surface area contributed by atoms with Gasteiger partial charge in [-0.05, 0) is 19.8 Å². The summed E-state index contributed by atoms with van der Waals surface area (Å²) in [6.07, 6.45) is -3.33. The first kappa shape index (κ1) is 13.0. The van der Waals surface area contributed by atoms with Gasteiger partial charge in [0.1, 0.15) is 0 Å². The number of carbonyl (C=O) groups is 1. The maximum absolute atomic E-state index is 11.6. The maximum atomic E-state index is 11.6. The molecule has 0 heterocycles. The van der Waals surface area contributed by atoms with Gasteiger partial charge in [-0.3, -0.25) is 4.79 Å². The average molecular weight is 210 g/mol. The van der Waals surface area contributed by atoms with Gasteiger partial charge in [0, 0.05) is 6.42 Å². The highest BCUT2D eigenvalue weighted by Crippen LogP contribution is 2.15. The molecule has 0 amide bonds. The Morgan fingerprint density at radius 3 is 2.36 bits per heavy atom. The van der Waals surface area contributed by atoms with E-state index in [0.29, 0.717) is 12.8 Å². The van der Waals surface area contributed by atoms with Crippen LogP contribution in [0.15, 0.2) is 12.2 Å². The highest BCUT2D eigenvalue weighted by molar-refractivity contribution is 5.69. The van der Waals surface area contributed by atoms with Crippen LogP contribution in [0.2, 0.25) is 0 Å². The van der Waals surface area contributed by atoms with Crippen molar-refractivity contribution in [1.29, 1.82) is 0 Å². The summed E-state index contributed by atoms with van der Waals surface area (Å²) >= 11 is 0. The molecular formula is C9H13F3O2. The van der Waals surface area contributed by atoms with E-state index in [1.807, 2.05) is 0 Å². The zero-order chi connectivity index (χ0) is 11.2. The molecule has 0 radical (unpaired) electrons. The van der Waals surface area contributed by atoms with E-state index in [1.165, 1.54) is 0 Å². The van der Waals surface area contributed by atoms with Crippen molar-refractivity contribution in [1.82, 2.24) is 0 Å². The van der Waals surface area contributed by atoms with Crippen LogP contribution in [0.1, 0.15) is 26.2 Å². The lowest BCUT2D eigenvalue weighted by atomic mass is 10.1. The minimum atomic E-state index is -4.44. The van der Waals surface area contributed by atoms with Gasteiger partial charge in [0.25, 0.3) is 0 Å². The monoisotopic (exact) mass is 210 g/mol. The van der Waals surface area contributed by atoms with Crippen LogP contribution >= 0.6 is 0 Å². The number of ether oxygens (including phenoxy) is 1. The molecule has 0 saturated carbocycles. The summed E-state index contributed by atoms with van der Waals surface area (Å²) in [5, 5.41) is 0. The SMILES string of the molecule is C=C(C)CCCC(=O)OCC(F)(F)F. The fourth-order valence-corrected chi connectivity index (χ4v) is 0.769. The Morgan fingerprint density at radius 1 is 1.36 bits per heavy atom. The Hall–Kier alpha value is -1.00. The zero-order valence-corrected chi connectivity index (χ0v) is 7.99. The van der Waals surface area contributed by atoms with Crippen LogP contribution in [0.25, 0.3) is 0 Å². The van der Waals surface area contributed by atoms with E-state index in [2.05, 4.69) is 11.3 Å². The van der Waals surface area contributed by atoms with Crippen LogP contribution in [-0.2, 0) is 9.53 Å². The molecule has 2 nitrogen and oxygen atoms in total. The number of hydrogen-bond acceptors (Lipinski definition) is 2. The Labute approximate surface area is 80.7 Å². The summed E-state index contributed by atoms with van der Waals surface area (Å²) in [5.41, 5.74) is 0.897. The minimum Gasteiger partial charge on any atom is -0.456 e. The Morgan fingerprint density at radius 2 is 1.93 bits per heavy atom. The standard InChI is InChI=1S/C9H13F3O2/c1-7(2)4-3-5-8(13)14-6-9(10,11)12/h1,3-6H2,2H3. The third kappa shape index (κ3) is 9.09. The molecule has 0 aromatic heterocycles. The fourth-order valence-electron chi connectivity index (χ4n) is 0.769. The predicted octanol–water partition coefficient (Wildman–Crippen LogP) is 2.84. The van der Waals surface area contributed by atoms with Gasteiger partial charge in [0.05, 0.1) is 0 Å². The molecule has 0 bridgehead atoms. The van der Waals surface area contributed by atoms with Gasteiger partial charge >= 0.3 is 12.1 Å². The molecule has 0 aromatic carbocycles. The van der Waals surface area contributed by atoms with Crippen molar-refractivity contribution in [3.63, 3.8) is 0 Å². The van der Waals surface area contributed by atoms with Gasteiger partial charge in [-0.1, -0.05) is 5.57 Å². The van der Waals surface area contributed by atoms with Crippen LogP contribution in [0.5, 0.6) is 0 Å². The lowest BCUT2D eigenvalue weighted by molar-refractivity contribution is -0.186. The first-order valence-corrected chi connectivity index (χ1v) is 4.18. The number of rotatable bonds is 5. The molecule has 14 heavy (non-hydrogen) atoms. The van der Waals surface area contributed by atoms with Crippen molar-refractivity contribution >= 4 is 5.97 Å². The normalized spacial score (nSPS) is 11.1. The van der Waals surface area contributed by atoms with E-state index >= 15 is 0 Å². The summed E-state index contributed by atoms with van der Waals surface area (Å²) < 4.78 is 38.7. The zero-order valence-electron chi connectivity index (χ0n) is 7.99. The molecule has 0 aliphatic rings. The average Bonchev–Trinajstić information content (AvgIpc) is 1.99. The van der Waals surface area contributed by atoms with Gasteiger partial charge < -0.3 is 4.74 Å². The Bertz CT molecular complexity index is 209. The van der Waals surface area contributed by atoms with Crippen molar-refractivity contribution < 1.29 is 22.7 Å². The van der Waals surface area contributed by atoms with E-state index in [-0.39, 0.29) is 6.42 Å². The van der Waals surface area contributed by atoms with Crippen molar-refractivity contribution in [2.75, 3.05) is 6.61 Å². The van der Waals surface area contributed by atoms with Crippen molar-refractivity contribution in [2.45, 2.75) is 32.4 Å². The molecule has 0 aliphatic carbocycles. The summed E-state index contributed by atoms with van der Waals surface area (Å²) in [6, 6.07) is 0. The third-order valence-corrected chi connectivity index (χ3v) is 1.38. The largest absolute Gasteiger partial charge is 0.456 e. The number of carbonyl (C=O) groups excluding carboxylic acids is 1. The van der Waals surface area contributed by atoms with E-state index in [0.717, 1.165) is 5.57 Å². The molecule has 0 rings (SSSR count). The topological polar surface area (TPSA) is 26.3 Å². The Kier molecular flexibility index (Phi) is 5.27. The number of hydrogen-bond donors (Lipinski definition) is 0. The first-order chi connectivity index (χ1) is 6.31. The molecule has 0 atom stereocenters. The third-order valence-electron chi connectivity index (χ3n) is 1.38. The quantitative estimate of drug-likeness (QED) is 0.515. The van der Waals surface area contributed by atoms with E-state index in [9.17, 15) is 18.0 Å². The second-order valence-electron chi connectivity index (χ2n) is 3.09. The van der Waals surface area contributed by atoms with Gasteiger partial charge in [0.15, 0.2) is 6.61 Å². The van der Waals surface area contributed by atoms with Gasteiger partial charge in [0.2, 0.25) is 0 Å². The smallest absolute Gasteiger partial charge is 0.422 e. The molecule has 0 fully saturated rings. The highest BCUT2D eigenvalue weighted by Gasteiger charge is 2.29. The second kappa shape index (κ2) is 5.67. The summed E-state index contributed by atoms with van der Waals surface area (Å²) in [4.78, 5) is 10.7. The van der Waals surface area contributed by atoms with E-state index < -0.39 is 18.8 Å². The summed E-state index contributed by atoms with van der Waals surface area (Å²) in [6.45, 7) is 3.90. The van der Waals surface area contributed by atoms with Gasteiger partial charge in [-0.15, -0.1) is 6.58 Å². The number of esters is 1. The molecule has 0 aliphatic heterocycles. The van der Waals surface area contributed by atoms with Crippen LogP contribution in [0.3, 0.4) is 0 Å². The molecule has 0 unspecified atom stereocenters. The molecule has 5 heteroatoms. The van der Waals surface area contributed by atoms with Crippen molar-refractivity contribution in [3.05, 3.63) is 12.2 Å². The van der Waals surface area contributed by atoms with E-state index in [1.54, 1.807) is 6.92 Å². The molecule has 0 N–H and O–H groups in total. The summed E-state index contributed by atoms with van der Waals surface area (Å²) in [5.74, 6) is -0.816. The van der Waals surface area contributed by atoms with Crippen molar-refractivity contribution in [3.8, 4) is 0 Å². The second-order valence-corrected chi connectivity index (χ2v) is 3.09. The summed E-state index contributed by atoms with van der Waals surface area (Å²) in [7, 11) is 0. The lowest BCUT2D eigenvalue weighted by Gasteiger charge is -2.07. The van der Waals surface area contributed by atoms with Gasteiger partial charge in [-0.2, -0.15) is 13.2 Å². The van der Waals surface area contributed by atoms with Crippen molar-refractivity contribution in [2.24, 2.45) is 0 Å². The minimum absolute atomic E-state index is 0.00292. The first-order valence-electron chi connectivity index (χ1n) is 4.18. The van der Waals surface area contributed by atoms with Gasteiger partial charge in [-0.25, -0.2) is 0 Å². The molecule has 0 spiro atoms. The van der Waals surface area contributed by atoms with Crippen LogP contribution in [0, 0.1) is 0 Å². The molecular weight excluding hydrogens is 197 g/mol. The maximum Gasteiger partial charge on any atom is 0.422 e. The lowest BCUT2D eigenvalue weighted by Crippen LogP contribution is -2.20. The molecule has 0 aromatic rings. The molecule has 0 saturated heterocycles. The number of halogens is 3. The van der Waals surface area contributed by atoms with Crippen LogP contribution in [0.4, 0.5) is 13.2 Å². The Balaban J connectivity index is 3.52. The number of allylic oxidation sites excluding steroid dienone is 1.